The smallest absolute Gasteiger partial charge is 0.341 e. The normalized spacial score (nSPS) is 21.2. The summed E-state index contributed by atoms with van der Waals surface area (Å²) in [5.74, 6) is 0.0666. The molecule has 0 aliphatic heterocycles. The second-order valence-corrected chi connectivity index (χ2v) is 6.04. The van der Waals surface area contributed by atoms with Gasteiger partial charge >= 0.3 is 5.97 Å². The summed E-state index contributed by atoms with van der Waals surface area (Å²) in [5.41, 5.74) is 0.531. The Morgan fingerprint density at radius 3 is 2.59 bits per heavy atom. The molecule has 22 heavy (non-hydrogen) atoms. The van der Waals surface area contributed by atoms with Gasteiger partial charge in [0.05, 0.1) is 0 Å². The highest BCUT2D eigenvalue weighted by atomic mass is 16.5. The third kappa shape index (κ3) is 4.23. The fraction of sp³-hybridized carbons (Fsp3) is 0.529. The zero-order valence-electron chi connectivity index (χ0n) is 13.1. The fourth-order valence-electron chi connectivity index (χ4n) is 2.86. The Kier molecular flexibility index (Phi) is 5.41. The molecular formula is C17H23NO4. The number of carboxylic acids is 1. The minimum absolute atomic E-state index is 0.0414. The fourth-order valence-corrected chi connectivity index (χ4v) is 2.86. The molecule has 1 amide bonds. The van der Waals surface area contributed by atoms with E-state index < -0.39 is 12.6 Å². The van der Waals surface area contributed by atoms with Gasteiger partial charge < -0.3 is 14.7 Å². The van der Waals surface area contributed by atoms with Gasteiger partial charge in [0.2, 0.25) is 0 Å². The number of ether oxygens (including phenoxy) is 1. The third-order valence-corrected chi connectivity index (χ3v) is 4.30. The topological polar surface area (TPSA) is 66.8 Å². The number of rotatable bonds is 5. The third-order valence-electron chi connectivity index (χ3n) is 4.30. The van der Waals surface area contributed by atoms with Crippen molar-refractivity contribution < 1.29 is 19.4 Å². The molecule has 0 atom stereocenters. The minimum atomic E-state index is -1.04. The van der Waals surface area contributed by atoms with Crippen LogP contribution in [0, 0.1) is 5.92 Å². The van der Waals surface area contributed by atoms with E-state index in [4.69, 9.17) is 9.84 Å². The number of hydrogen-bond donors (Lipinski definition) is 1. The number of carboxylic acid groups (broad SMARTS) is 1. The number of benzene rings is 1. The van der Waals surface area contributed by atoms with Crippen LogP contribution in [0.3, 0.4) is 0 Å². The van der Waals surface area contributed by atoms with Gasteiger partial charge in [0.15, 0.2) is 6.61 Å². The molecule has 1 aromatic carbocycles. The zero-order valence-corrected chi connectivity index (χ0v) is 13.1. The maximum atomic E-state index is 12.6. The van der Waals surface area contributed by atoms with E-state index in [0.717, 1.165) is 31.6 Å². The lowest BCUT2D eigenvalue weighted by atomic mass is 9.86. The van der Waals surface area contributed by atoms with Crippen LogP contribution < -0.4 is 4.74 Å². The molecule has 0 heterocycles. The van der Waals surface area contributed by atoms with Crippen LogP contribution in [0.1, 0.15) is 43.0 Å². The maximum absolute atomic E-state index is 12.6. The Morgan fingerprint density at radius 1 is 1.27 bits per heavy atom. The monoisotopic (exact) mass is 305 g/mol. The quantitative estimate of drug-likeness (QED) is 0.908. The van der Waals surface area contributed by atoms with E-state index in [1.807, 2.05) is 11.9 Å². The summed E-state index contributed by atoms with van der Waals surface area (Å²) in [5, 5.41) is 8.63. The van der Waals surface area contributed by atoms with Crippen molar-refractivity contribution >= 4 is 11.9 Å². The summed E-state index contributed by atoms with van der Waals surface area (Å²) in [4.78, 5) is 24.9. The van der Waals surface area contributed by atoms with Crippen LogP contribution in [-0.2, 0) is 4.79 Å². The SMILES string of the molecule is CC1CCC(N(C)C(=O)c2cccc(OCC(=O)O)c2)CC1. The molecule has 1 aliphatic rings. The van der Waals surface area contributed by atoms with Gasteiger partial charge in [0, 0.05) is 18.7 Å². The van der Waals surface area contributed by atoms with Crippen molar-refractivity contribution in [1.29, 1.82) is 0 Å². The number of aliphatic carboxylic acids is 1. The lowest BCUT2D eigenvalue weighted by molar-refractivity contribution is -0.139. The molecule has 1 N–H and O–H groups in total. The largest absolute Gasteiger partial charge is 0.482 e. The second-order valence-electron chi connectivity index (χ2n) is 6.04. The van der Waals surface area contributed by atoms with Crippen LogP contribution in [-0.4, -0.2) is 41.6 Å². The summed E-state index contributed by atoms with van der Waals surface area (Å²) in [7, 11) is 1.84. The highest BCUT2D eigenvalue weighted by Crippen LogP contribution is 2.27. The molecule has 0 unspecified atom stereocenters. The van der Waals surface area contributed by atoms with Gasteiger partial charge in [0.1, 0.15) is 5.75 Å². The Balaban J connectivity index is 2.02. The van der Waals surface area contributed by atoms with Crippen LogP contribution in [0.2, 0.25) is 0 Å². The van der Waals surface area contributed by atoms with Crippen molar-refractivity contribution in [3.05, 3.63) is 29.8 Å². The molecule has 5 nitrogen and oxygen atoms in total. The standard InChI is InChI=1S/C17H23NO4/c1-12-6-8-14(9-7-12)18(2)17(21)13-4-3-5-15(10-13)22-11-16(19)20/h3-5,10,12,14H,6-9,11H2,1-2H3,(H,19,20). The van der Waals surface area contributed by atoms with Crippen molar-refractivity contribution in [2.75, 3.05) is 13.7 Å². The van der Waals surface area contributed by atoms with E-state index in [2.05, 4.69) is 6.92 Å². The van der Waals surface area contributed by atoms with E-state index in [-0.39, 0.29) is 11.9 Å². The molecule has 0 bridgehead atoms. The van der Waals surface area contributed by atoms with Crippen molar-refractivity contribution in [1.82, 2.24) is 4.90 Å². The molecule has 1 aliphatic carbocycles. The Labute approximate surface area is 130 Å². The van der Waals surface area contributed by atoms with Crippen molar-refractivity contribution in [2.24, 2.45) is 5.92 Å². The van der Waals surface area contributed by atoms with Crippen molar-refractivity contribution in [3.63, 3.8) is 0 Å². The van der Waals surface area contributed by atoms with E-state index in [0.29, 0.717) is 11.3 Å². The molecule has 0 spiro atoms. The van der Waals surface area contributed by atoms with Crippen molar-refractivity contribution in [2.45, 2.75) is 38.6 Å². The molecule has 0 aromatic heterocycles. The predicted molar refractivity (Wildman–Crippen MR) is 83.1 cm³/mol. The van der Waals surface area contributed by atoms with Crippen LogP contribution >= 0.6 is 0 Å². The summed E-state index contributed by atoms with van der Waals surface area (Å²) in [6.07, 6.45) is 4.39. The van der Waals surface area contributed by atoms with Gasteiger partial charge in [0.25, 0.3) is 5.91 Å². The van der Waals surface area contributed by atoms with Crippen LogP contribution in [0.4, 0.5) is 0 Å². The number of carbonyl (C=O) groups is 2. The van der Waals surface area contributed by atoms with Crippen LogP contribution in [0.5, 0.6) is 5.75 Å². The van der Waals surface area contributed by atoms with E-state index in [1.54, 1.807) is 24.3 Å². The van der Waals surface area contributed by atoms with Gasteiger partial charge in [-0.1, -0.05) is 13.0 Å². The molecular weight excluding hydrogens is 282 g/mol. The molecule has 0 radical (unpaired) electrons. The Bertz CT molecular complexity index is 535. The maximum Gasteiger partial charge on any atom is 0.341 e. The Hall–Kier alpha value is -2.04. The Morgan fingerprint density at radius 2 is 1.95 bits per heavy atom. The number of carbonyl (C=O) groups excluding carboxylic acids is 1. The molecule has 1 saturated carbocycles. The summed E-state index contributed by atoms with van der Waals surface area (Å²) < 4.78 is 5.13. The first-order valence-corrected chi connectivity index (χ1v) is 7.69. The van der Waals surface area contributed by atoms with Gasteiger partial charge in [-0.05, 0) is 49.8 Å². The highest BCUT2D eigenvalue weighted by molar-refractivity contribution is 5.94. The number of amides is 1. The van der Waals surface area contributed by atoms with E-state index in [1.165, 1.54) is 0 Å². The van der Waals surface area contributed by atoms with Gasteiger partial charge in [-0.15, -0.1) is 0 Å². The average molecular weight is 305 g/mol. The van der Waals surface area contributed by atoms with Gasteiger partial charge in [-0.3, -0.25) is 4.79 Å². The highest BCUT2D eigenvalue weighted by Gasteiger charge is 2.25. The number of hydrogen-bond acceptors (Lipinski definition) is 3. The lowest BCUT2D eigenvalue weighted by Crippen LogP contribution is -2.39. The molecule has 5 heteroatoms. The summed E-state index contributed by atoms with van der Waals surface area (Å²) >= 11 is 0. The predicted octanol–water partition coefficient (Wildman–Crippen LogP) is 2.80. The van der Waals surface area contributed by atoms with Crippen molar-refractivity contribution in [3.8, 4) is 5.75 Å². The van der Waals surface area contributed by atoms with Crippen LogP contribution in [0.15, 0.2) is 24.3 Å². The summed E-state index contributed by atoms with van der Waals surface area (Å²) in [6.45, 7) is 1.84. The van der Waals surface area contributed by atoms with Crippen LogP contribution in [0.25, 0.3) is 0 Å². The number of nitrogens with zero attached hydrogens (tertiary/aromatic N) is 1. The first kappa shape index (κ1) is 16.3. The van der Waals surface area contributed by atoms with Gasteiger partial charge in [-0.2, -0.15) is 0 Å². The van der Waals surface area contributed by atoms with E-state index in [9.17, 15) is 9.59 Å². The van der Waals surface area contributed by atoms with Gasteiger partial charge in [-0.25, -0.2) is 4.79 Å². The molecule has 0 saturated heterocycles. The average Bonchev–Trinajstić information content (AvgIpc) is 2.52. The second kappa shape index (κ2) is 7.29. The van der Waals surface area contributed by atoms with E-state index >= 15 is 0 Å². The minimum Gasteiger partial charge on any atom is -0.482 e. The summed E-state index contributed by atoms with van der Waals surface area (Å²) in [6, 6.07) is 6.99. The molecule has 120 valence electrons. The first-order chi connectivity index (χ1) is 10.5. The first-order valence-electron chi connectivity index (χ1n) is 7.69. The molecule has 1 aromatic rings. The zero-order chi connectivity index (χ0) is 16.1. The molecule has 1 fully saturated rings. The molecule has 2 rings (SSSR count). The lowest BCUT2D eigenvalue weighted by Gasteiger charge is -2.33.